The number of esters is 1. The maximum atomic E-state index is 11.6. The predicted octanol–water partition coefficient (Wildman–Crippen LogP) is 2.72. The van der Waals surface area contributed by atoms with Gasteiger partial charge in [0.05, 0.1) is 7.11 Å². The van der Waals surface area contributed by atoms with Gasteiger partial charge >= 0.3 is 5.97 Å². The number of carbonyl (C=O) groups is 1. The SMILES string of the molecule is COC(=O)C(C)(C)N(C)Cc1ccc(Cl)cc1. The summed E-state index contributed by atoms with van der Waals surface area (Å²) in [5.41, 5.74) is 0.461. The first-order valence-corrected chi connectivity index (χ1v) is 5.80. The maximum Gasteiger partial charge on any atom is 0.325 e. The zero-order valence-electron chi connectivity index (χ0n) is 10.7. The van der Waals surface area contributed by atoms with Gasteiger partial charge in [0, 0.05) is 11.6 Å². The largest absolute Gasteiger partial charge is 0.468 e. The summed E-state index contributed by atoms with van der Waals surface area (Å²) in [7, 11) is 3.30. The molecule has 0 fully saturated rings. The van der Waals surface area contributed by atoms with Gasteiger partial charge in [-0.05, 0) is 38.6 Å². The first-order chi connectivity index (χ1) is 7.87. The Morgan fingerprint density at radius 2 is 1.88 bits per heavy atom. The predicted molar refractivity (Wildman–Crippen MR) is 69.0 cm³/mol. The van der Waals surface area contributed by atoms with Gasteiger partial charge in [0.15, 0.2) is 0 Å². The molecule has 0 heterocycles. The summed E-state index contributed by atoms with van der Waals surface area (Å²) in [6, 6.07) is 7.59. The van der Waals surface area contributed by atoms with Crippen LogP contribution >= 0.6 is 11.6 Å². The second kappa shape index (κ2) is 5.52. The minimum atomic E-state index is -0.644. The smallest absolute Gasteiger partial charge is 0.325 e. The van der Waals surface area contributed by atoms with Crippen LogP contribution in [-0.4, -0.2) is 30.6 Å². The molecule has 3 nitrogen and oxygen atoms in total. The van der Waals surface area contributed by atoms with Crippen molar-refractivity contribution in [2.45, 2.75) is 25.9 Å². The van der Waals surface area contributed by atoms with Crippen molar-refractivity contribution in [2.75, 3.05) is 14.2 Å². The van der Waals surface area contributed by atoms with E-state index in [1.807, 2.05) is 50.1 Å². The molecule has 0 unspecified atom stereocenters. The van der Waals surface area contributed by atoms with E-state index in [0.29, 0.717) is 11.6 Å². The Kier molecular flexibility index (Phi) is 4.54. The van der Waals surface area contributed by atoms with Crippen molar-refractivity contribution in [1.29, 1.82) is 0 Å². The first-order valence-electron chi connectivity index (χ1n) is 5.42. The van der Waals surface area contributed by atoms with E-state index < -0.39 is 5.54 Å². The Morgan fingerprint density at radius 1 is 1.35 bits per heavy atom. The van der Waals surface area contributed by atoms with Gasteiger partial charge in [-0.25, -0.2) is 0 Å². The summed E-state index contributed by atoms with van der Waals surface area (Å²) < 4.78 is 4.79. The van der Waals surface area contributed by atoms with E-state index in [2.05, 4.69) is 0 Å². The lowest BCUT2D eigenvalue weighted by Crippen LogP contribution is -2.48. The number of rotatable bonds is 4. The first kappa shape index (κ1) is 14.0. The lowest BCUT2D eigenvalue weighted by molar-refractivity contribution is -0.152. The van der Waals surface area contributed by atoms with Crippen LogP contribution < -0.4 is 0 Å². The molecule has 0 radical (unpaired) electrons. The Bertz CT molecular complexity index is 387. The van der Waals surface area contributed by atoms with E-state index in [9.17, 15) is 4.79 Å². The number of carbonyl (C=O) groups excluding carboxylic acids is 1. The van der Waals surface area contributed by atoms with Gasteiger partial charge in [0.1, 0.15) is 5.54 Å². The number of hydrogen-bond acceptors (Lipinski definition) is 3. The average Bonchev–Trinajstić information content (AvgIpc) is 2.30. The molecule has 0 aliphatic heterocycles. The van der Waals surface area contributed by atoms with Crippen LogP contribution in [0.2, 0.25) is 5.02 Å². The average molecular weight is 256 g/mol. The van der Waals surface area contributed by atoms with E-state index in [0.717, 1.165) is 5.56 Å². The molecule has 0 saturated carbocycles. The number of methoxy groups -OCH3 is 1. The molecule has 0 aliphatic rings. The van der Waals surface area contributed by atoms with Gasteiger partial charge in [-0.15, -0.1) is 0 Å². The molecule has 0 aromatic heterocycles. The van der Waals surface area contributed by atoms with Crippen LogP contribution in [0.25, 0.3) is 0 Å². The molecule has 0 spiro atoms. The molecule has 4 heteroatoms. The third kappa shape index (κ3) is 3.45. The molecule has 0 amide bonds. The number of hydrogen-bond donors (Lipinski definition) is 0. The van der Waals surface area contributed by atoms with Crippen molar-refractivity contribution >= 4 is 17.6 Å². The summed E-state index contributed by atoms with van der Waals surface area (Å²) in [6.45, 7) is 4.35. The minimum Gasteiger partial charge on any atom is -0.468 e. The van der Waals surface area contributed by atoms with Crippen molar-refractivity contribution in [3.8, 4) is 0 Å². The molecule has 1 aromatic carbocycles. The molecule has 17 heavy (non-hydrogen) atoms. The highest BCUT2D eigenvalue weighted by molar-refractivity contribution is 6.30. The van der Waals surface area contributed by atoms with E-state index in [4.69, 9.17) is 16.3 Å². The van der Waals surface area contributed by atoms with Crippen LogP contribution in [0.5, 0.6) is 0 Å². The molecule has 0 aliphatic carbocycles. The Labute approximate surface area is 107 Å². The third-order valence-corrected chi connectivity index (χ3v) is 3.22. The van der Waals surface area contributed by atoms with Crippen LogP contribution in [-0.2, 0) is 16.1 Å². The molecule has 0 bridgehead atoms. The summed E-state index contributed by atoms with van der Waals surface area (Å²) in [5.74, 6) is -0.242. The molecular formula is C13H18ClNO2. The van der Waals surface area contributed by atoms with Crippen LogP contribution in [0.4, 0.5) is 0 Å². The number of benzene rings is 1. The highest BCUT2D eigenvalue weighted by Gasteiger charge is 2.33. The van der Waals surface area contributed by atoms with Gasteiger partial charge in [-0.2, -0.15) is 0 Å². The summed E-state index contributed by atoms with van der Waals surface area (Å²) in [4.78, 5) is 13.6. The fourth-order valence-electron chi connectivity index (χ4n) is 1.47. The van der Waals surface area contributed by atoms with E-state index in [1.165, 1.54) is 7.11 Å². The highest BCUT2D eigenvalue weighted by Crippen LogP contribution is 2.18. The van der Waals surface area contributed by atoms with E-state index >= 15 is 0 Å². The van der Waals surface area contributed by atoms with Crippen molar-refractivity contribution in [3.63, 3.8) is 0 Å². The number of nitrogens with zero attached hydrogens (tertiary/aromatic N) is 1. The zero-order chi connectivity index (χ0) is 13.1. The topological polar surface area (TPSA) is 29.5 Å². The number of ether oxygens (including phenoxy) is 1. The van der Waals surface area contributed by atoms with E-state index in [-0.39, 0.29) is 5.97 Å². The molecule has 0 atom stereocenters. The van der Waals surface area contributed by atoms with Crippen molar-refractivity contribution in [2.24, 2.45) is 0 Å². The zero-order valence-corrected chi connectivity index (χ0v) is 11.4. The highest BCUT2D eigenvalue weighted by atomic mass is 35.5. The second-order valence-electron chi connectivity index (χ2n) is 4.53. The van der Waals surface area contributed by atoms with Gasteiger partial charge in [0.25, 0.3) is 0 Å². The third-order valence-electron chi connectivity index (χ3n) is 2.97. The summed E-state index contributed by atoms with van der Waals surface area (Å²) in [6.07, 6.45) is 0. The summed E-state index contributed by atoms with van der Waals surface area (Å²) >= 11 is 5.82. The molecule has 0 N–H and O–H groups in total. The molecule has 0 saturated heterocycles. The van der Waals surface area contributed by atoms with Crippen LogP contribution in [0.3, 0.4) is 0 Å². The van der Waals surface area contributed by atoms with Gasteiger partial charge < -0.3 is 4.74 Å². The molecular weight excluding hydrogens is 238 g/mol. The molecule has 1 rings (SSSR count). The van der Waals surface area contributed by atoms with Crippen molar-refractivity contribution in [1.82, 2.24) is 4.90 Å². The second-order valence-corrected chi connectivity index (χ2v) is 4.97. The Hall–Kier alpha value is -1.06. The van der Waals surface area contributed by atoms with E-state index in [1.54, 1.807) is 0 Å². The van der Waals surface area contributed by atoms with Crippen LogP contribution in [0.1, 0.15) is 19.4 Å². The van der Waals surface area contributed by atoms with Gasteiger partial charge in [-0.3, -0.25) is 9.69 Å². The number of likely N-dealkylation sites (N-methyl/N-ethyl adjacent to an activating group) is 1. The summed E-state index contributed by atoms with van der Waals surface area (Å²) in [5, 5.41) is 0.712. The normalized spacial score (nSPS) is 11.6. The van der Waals surface area contributed by atoms with Crippen molar-refractivity contribution in [3.05, 3.63) is 34.9 Å². The van der Waals surface area contributed by atoms with Crippen LogP contribution in [0.15, 0.2) is 24.3 Å². The fourth-order valence-corrected chi connectivity index (χ4v) is 1.59. The quantitative estimate of drug-likeness (QED) is 0.775. The van der Waals surface area contributed by atoms with Crippen molar-refractivity contribution < 1.29 is 9.53 Å². The minimum absolute atomic E-state index is 0.242. The lowest BCUT2D eigenvalue weighted by atomic mass is 10.0. The van der Waals surface area contributed by atoms with Gasteiger partial charge in [0.2, 0.25) is 0 Å². The monoisotopic (exact) mass is 255 g/mol. The van der Waals surface area contributed by atoms with Gasteiger partial charge in [-0.1, -0.05) is 23.7 Å². The Balaban J connectivity index is 2.75. The number of halogens is 1. The van der Waals surface area contributed by atoms with Crippen LogP contribution in [0, 0.1) is 0 Å². The molecule has 94 valence electrons. The Morgan fingerprint density at radius 3 is 2.35 bits per heavy atom. The molecule has 1 aromatic rings. The lowest BCUT2D eigenvalue weighted by Gasteiger charge is -2.32. The maximum absolute atomic E-state index is 11.6. The fraction of sp³-hybridized carbons (Fsp3) is 0.462. The standard InChI is InChI=1S/C13H18ClNO2/c1-13(2,12(16)17-4)15(3)9-10-5-7-11(14)8-6-10/h5-8H,9H2,1-4H3.